The van der Waals surface area contributed by atoms with Crippen LogP contribution in [-0.4, -0.2) is 34.4 Å². The van der Waals surface area contributed by atoms with E-state index in [0.717, 1.165) is 0 Å². The van der Waals surface area contributed by atoms with Crippen molar-refractivity contribution >= 4 is 11.7 Å². The Labute approximate surface area is 93.9 Å². The molecule has 0 aliphatic rings. The molecule has 16 heavy (non-hydrogen) atoms. The first-order chi connectivity index (χ1) is 7.54. The van der Waals surface area contributed by atoms with Crippen LogP contribution in [0.2, 0.25) is 0 Å². The van der Waals surface area contributed by atoms with Crippen LogP contribution in [0.3, 0.4) is 0 Å². The van der Waals surface area contributed by atoms with Crippen LogP contribution in [0.4, 0.5) is 0 Å². The number of aromatic amines is 1. The molecule has 0 aromatic carbocycles. The zero-order valence-corrected chi connectivity index (χ0v) is 9.41. The lowest BCUT2D eigenvalue weighted by Gasteiger charge is -2.08. The zero-order valence-electron chi connectivity index (χ0n) is 9.41. The van der Waals surface area contributed by atoms with E-state index in [2.05, 4.69) is 10.3 Å². The number of carbonyl (C=O) groups is 2. The van der Waals surface area contributed by atoms with Crippen LogP contribution in [0.1, 0.15) is 41.1 Å². The lowest BCUT2D eigenvalue weighted by Crippen LogP contribution is -2.31. The van der Waals surface area contributed by atoms with E-state index in [0.29, 0.717) is 17.7 Å². The Kier molecular flexibility index (Phi) is 4.25. The molecule has 5 heteroatoms. The van der Waals surface area contributed by atoms with E-state index in [1.165, 1.54) is 19.2 Å². The minimum atomic E-state index is -0.536. The van der Waals surface area contributed by atoms with Gasteiger partial charge in [0.05, 0.1) is 6.10 Å². The molecule has 0 saturated heterocycles. The van der Waals surface area contributed by atoms with Gasteiger partial charge in [0.25, 0.3) is 5.91 Å². The molecule has 1 atom stereocenters. The minimum absolute atomic E-state index is 0.0936. The highest BCUT2D eigenvalue weighted by Crippen LogP contribution is 2.04. The summed E-state index contributed by atoms with van der Waals surface area (Å²) in [5.41, 5.74) is 0.801. The molecule has 3 N–H and O–H groups in total. The molecule has 0 aliphatic heterocycles. The first kappa shape index (κ1) is 12.4. The number of carbonyl (C=O) groups excluding carboxylic acids is 2. The summed E-state index contributed by atoms with van der Waals surface area (Å²) in [5, 5.41) is 11.8. The van der Waals surface area contributed by atoms with Crippen molar-refractivity contribution in [1.29, 1.82) is 0 Å². The second-order valence-corrected chi connectivity index (χ2v) is 3.63. The van der Waals surface area contributed by atoms with Crippen LogP contribution < -0.4 is 5.32 Å². The van der Waals surface area contributed by atoms with Crippen molar-refractivity contribution in [3.05, 3.63) is 23.5 Å². The van der Waals surface area contributed by atoms with Crippen molar-refractivity contribution in [3.63, 3.8) is 0 Å². The molecule has 0 aliphatic carbocycles. The molecule has 0 saturated carbocycles. The number of ketones is 1. The van der Waals surface area contributed by atoms with E-state index in [1.807, 2.05) is 6.92 Å². The number of H-pyrrole nitrogens is 1. The minimum Gasteiger partial charge on any atom is -0.391 e. The topological polar surface area (TPSA) is 82.2 Å². The van der Waals surface area contributed by atoms with E-state index in [-0.39, 0.29) is 18.2 Å². The van der Waals surface area contributed by atoms with Crippen molar-refractivity contribution in [1.82, 2.24) is 10.3 Å². The van der Waals surface area contributed by atoms with E-state index in [4.69, 9.17) is 0 Å². The predicted molar refractivity (Wildman–Crippen MR) is 59.4 cm³/mol. The van der Waals surface area contributed by atoms with Gasteiger partial charge in [-0.25, -0.2) is 0 Å². The van der Waals surface area contributed by atoms with Crippen LogP contribution in [0.15, 0.2) is 12.3 Å². The number of aliphatic hydroxyl groups excluding tert-OH is 1. The number of rotatable bonds is 5. The van der Waals surface area contributed by atoms with Gasteiger partial charge in [0.15, 0.2) is 5.78 Å². The summed E-state index contributed by atoms with van der Waals surface area (Å²) in [6.07, 6.45) is 1.54. The third-order valence-corrected chi connectivity index (χ3v) is 2.30. The van der Waals surface area contributed by atoms with Gasteiger partial charge in [-0.05, 0) is 19.4 Å². The number of aliphatic hydroxyl groups is 1. The smallest absolute Gasteiger partial charge is 0.267 e. The Morgan fingerprint density at radius 1 is 1.56 bits per heavy atom. The summed E-state index contributed by atoms with van der Waals surface area (Å²) >= 11 is 0. The Hall–Kier alpha value is -1.62. The van der Waals surface area contributed by atoms with Gasteiger partial charge in [-0.15, -0.1) is 0 Å². The highest BCUT2D eigenvalue weighted by molar-refractivity contribution is 5.99. The summed E-state index contributed by atoms with van der Waals surface area (Å²) in [6.45, 7) is 3.48. The van der Waals surface area contributed by atoms with Crippen molar-refractivity contribution in [2.24, 2.45) is 0 Å². The van der Waals surface area contributed by atoms with Crippen molar-refractivity contribution in [3.8, 4) is 0 Å². The number of hydrogen-bond donors (Lipinski definition) is 3. The monoisotopic (exact) mass is 224 g/mol. The molecule has 1 rings (SSSR count). The first-order valence-corrected chi connectivity index (χ1v) is 5.20. The van der Waals surface area contributed by atoms with Crippen LogP contribution >= 0.6 is 0 Å². The average Bonchev–Trinajstić information content (AvgIpc) is 2.74. The van der Waals surface area contributed by atoms with Crippen LogP contribution in [0.5, 0.6) is 0 Å². The molecule has 0 spiro atoms. The molecule has 5 nitrogen and oxygen atoms in total. The Morgan fingerprint density at radius 2 is 2.25 bits per heavy atom. The summed E-state index contributed by atoms with van der Waals surface area (Å²) in [6, 6.07) is 1.50. The van der Waals surface area contributed by atoms with Gasteiger partial charge < -0.3 is 15.4 Å². The molecule has 88 valence electrons. The van der Waals surface area contributed by atoms with Crippen LogP contribution in [-0.2, 0) is 0 Å². The van der Waals surface area contributed by atoms with Crippen molar-refractivity contribution in [2.45, 2.75) is 26.4 Å². The van der Waals surface area contributed by atoms with Gasteiger partial charge in [0.1, 0.15) is 5.69 Å². The Morgan fingerprint density at radius 3 is 2.75 bits per heavy atom. The van der Waals surface area contributed by atoms with E-state index >= 15 is 0 Å². The summed E-state index contributed by atoms with van der Waals surface area (Å²) in [5.74, 6) is -0.413. The number of amides is 1. The fourth-order valence-electron chi connectivity index (χ4n) is 1.18. The highest BCUT2D eigenvalue weighted by atomic mass is 16.3. The van der Waals surface area contributed by atoms with Crippen LogP contribution in [0.25, 0.3) is 0 Å². The Bertz CT molecular complexity index is 384. The van der Waals surface area contributed by atoms with Crippen molar-refractivity contribution < 1.29 is 14.7 Å². The molecule has 1 aromatic heterocycles. The van der Waals surface area contributed by atoms with E-state index in [9.17, 15) is 14.7 Å². The molecule has 1 heterocycles. The first-order valence-electron chi connectivity index (χ1n) is 5.20. The second kappa shape index (κ2) is 5.46. The SMILES string of the molecule is CCC(O)CNC(=O)c1cc(C(C)=O)c[nH]1. The predicted octanol–water partition coefficient (Wildman–Crippen LogP) is 0.718. The highest BCUT2D eigenvalue weighted by Gasteiger charge is 2.11. The normalized spacial score (nSPS) is 12.2. The number of hydrogen-bond acceptors (Lipinski definition) is 3. The lowest BCUT2D eigenvalue weighted by atomic mass is 10.2. The molecular weight excluding hydrogens is 208 g/mol. The largest absolute Gasteiger partial charge is 0.391 e. The van der Waals surface area contributed by atoms with Gasteiger partial charge in [-0.2, -0.15) is 0 Å². The molecule has 1 aromatic rings. The Balaban J connectivity index is 2.56. The fraction of sp³-hybridized carbons (Fsp3) is 0.455. The standard InChI is InChI=1S/C11H16N2O3/c1-3-9(15)6-13-11(16)10-4-8(5-12-10)7(2)14/h4-5,9,12,15H,3,6H2,1-2H3,(H,13,16). The average molecular weight is 224 g/mol. The summed E-state index contributed by atoms with van der Waals surface area (Å²) in [4.78, 5) is 25.3. The lowest BCUT2D eigenvalue weighted by molar-refractivity contribution is 0.0909. The maximum atomic E-state index is 11.5. The molecular formula is C11H16N2O3. The quantitative estimate of drug-likeness (QED) is 0.644. The van der Waals surface area contributed by atoms with Gasteiger partial charge in [-0.3, -0.25) is 9.59 Å². The van der Waals surface area contributed by atoms with Gasteiger partial charge in [0, 0.05) is 18.3 Å². The van der Waals surface area contributed by atoms with E-state index < -0.39 is 6.10 Å². The third-order valence-electron chi connectivity index (χ3n) is 2.30. The number of Topliss-reactive ketones (excluding diaryl/α,β-unsaturated/α-hetero) is 1. The van der Waals surface area contributed by atoms with Crippen LogP contribution in [0, 0.1) is 0 Å². The molecule has 1 amide bonds. The molecule has 0 bridgehead atoms. The van der Waals surface area contributed by atoms with Crippen molar-refractivity contribution in [2.75, 3.05) is 6.54 Å². The fourth-order valence-corrected chi connectivity index (χ4v) is 1.18. The number of nitrogens with one attached hydrogen (secondary N) is 2. The maximum absolute atomic E-state index is 11.5. The maximum Gasteiger partial charge on any atom is 0.267 e. The van der Waals surface area contributed by atoms with E-state index in [1.54, 1.807) is 0 Å². The molecule has 0 radical (unpaired) electrons. The third kappa shape index (κ3) is 3.20. The number of aromatic nitrogens is 1. The molecule has 1 unspecified atom stereocenters. The van der Waals surface area contributed by atoms with Gasteiger partial charge in [0.2, 0.25) is 0 Å². The van der Waals surface area contributed by atoms with Gasteiger partial charge >= 0.3 is 0 Å². The van der Waals surface area contributed by atoms with Gasteiger partial charge in [-0.1, -0.05) is 6.92 Å². The summed E-state index contributed by atoms with van der Waals surface area (Å²) < 4.78 is 0. The zero-order chi connectivity index (χ0) is 12.1. The molecule has 0 fully saturated rings. The second-order valence-electron chi connectivity index (χ2n) is 3.63. The summed E-state index contributed by atoms with van der Waals surface area (Å²) in [7, 11) is 0.